The number of fused-ring (bicyclic) bond motifs is 1. The average molecular weight is 387 g/mol. The van der Waals surface area contributed by atoms with Gasteiger partial charge in [-0.2, -0.15) is 0 Å². The molecule has 6 nitrogen and oxygen atoms in total. The Hall–Kier alpha value is -2.45. The Morgan fingerprint density at radius 2 is 1.73 bits per heavy atom. The van der Waals surface area contributed by atoms with Crippen molar-refractivity contribution < 1.29 is 9.59 Å². The molecule has 0 atom stereocenters. The van der Waals surface area contributed by atoms with Crippen molar-refractivity contribution in [3.63, 3.8) is 0 Å². The normalized spacial score (nSPS) is 10.7. The van der Waals surface area contributed by atoms with Crippen molar-refractivity contribution in [2.45, 2.75) is 13.3 Å². The predicted molar refractivity (Wildman–Crippen MR) is 108 cm³/mol. The van der Waals surface area contributed by atoms with Gasteiger partial charge in [0.15, 0.2) is 0 Å². The molecule has 3 rings (SSSR count). The fourth-order valence-electron chi connectivity index (χ4n) is 2.36. The highest BCUT2D eigenvalue weighted by atomic mass is 32.2. The topological polar surface area (TPSA) is 84.0 Å². The van der Waals surface area contributed by atoms with Crippen LogP contribution < -0.4 is 10.6 Å². The van der Waals surface area contributed by atoms with E-state index in [0.29, 0.717) is 5.13 Å². The number of aryl methyl sites for hydroxylation is 1. The van der Waals surface area contributed by atoms with E-state index in [1.807, 2.05) is 49.4 Å². The molecular weight excluding hydrogens is 368 g/mol. The van der Waals surface area contributed by atoms with Crippen LogP contribution in [0.5, 0.6) is 0 Å². The van der Waals surface area contributed by atoms with Crippen molar-refractivity contribution in [1.82, 2.24) is 10.2 Å². The van der Waals surface area contributed by atoms with Crippen LogP contribution in [-0.2, 0) is 16.0 Å². The molecule has 0 radical (unpaired) electrons. The van der Waals surface area contributed by atoms with E-state index in [1.54, 1.807) is 0 Å². The maximum atomic E-state index is 12.2. The lowest BCUT2D eigenvalue weighted by molar-refractivity contribution is -0.114. The molecule has 0 saturated heterocycles. The van der Waals surface area contributed by atoms with Gasteiger partial charge in [-0.05, 0) is 17.9 Å². The zero-order valence-electron chi connectivity index (χ0n) is 14.2. The SMILES string of the molecule is CCc1nnc(NC(=O)CSCC(=O)Nc2cccc3ccccc23)s1. The summed E-state index contributed by atoms with van der Waals surface area (Å²) in [6.07, 6.45) is 0.788. The zero-order valence-corrected chi connectivity index (χ0v) is 15.8. The number of anilines is 2. The minimum absolute atomic E-state index is 0.136. The molecule has 8 heteroatoms. The molecule has 0 aliphatic heterocycles. The summed E-state index contributed by atoms with van der Waals surface area (Å²) in [6.45, 7) is 1.98. The van der Waals surface area contributed by atoms with E-state index < -0.39 is 0 Å². The van der Waals surface area contributed by atoms with Crippen LogP contribution in [0, 0.1) is 0 Å². The third kappa shape index (κ3) is 4.80. The molecule has 1 heterocycles. The van der Waals surface area contributed by atoms with Crippen LogP contribution in [0.3, 0.4) is 0 Å². The second-order valence-electron chi connectivity index (χ2n) is 5.47. The Bertz CT molecular complexity index is 921. The summed E-state index contributed by atoms with van der Waals surface area (Å²) in [5.74, 6) is 0.0619. The van der Waals surface area contributed by atoms with Crippen molar-refractivity contribution in [3.8, 4) is 0 Å². The molecule has 0 aliphatic rings. The molecular formula is C18H18N4O2S2. The van der Waals surface area contributed by atoms with Gasteiger partial charge in [0, 0.05) is 11.1 Å². The molecule has 26 heavy (non-hydrogen) atoms. The minimum atomic E-state index is -0.188. The number of hydrogen-bond acceptors (Lipinski definition) is 6. The highest BCUT2D eigenvalue weighted by molar-refractivity contribution is 8.00. The van der Waals surface area contributed by atoms with E-state index in [2.05, 4.69) is 20.8 Å². The molecule has 2 N–H and O–H groups in total. The fraction of sp³-hybridized carbons (Fsp3) is 0.222. The summed E-state index contributed by atoms with van der Waals surface area (Å²) >= 11 is 2.62. The number of benzene rings is 2. The molecule has 0 unspecified atom stereocenters. The Balaban J connectivity index is 1.47. The van der Waals surface area contributed by atoms with Crippen LogP contribution in [-0.4, -0.2) is 33.5 Å². The van der Waals surface area contributed by atoms with Gasteiger partial charge in [0.25, 0.3) is 0 Å². The summed E-state index contributed by atoms with van der Waals surface area (Å²) < 4.78 is 0. The molecule has 0 spiro atoms. The van der Waals surface area contributed by atoms with E-state index in [-0.39, 0.29) is 23.3 Å². The number of amides is 2. The number of nitrogens with one attached hydrogen (secondary N) is 2. The molecule has 0 bridgehead atoms. The van der Waals surface area contributed by atoms with Gasteiger partial charge in [-0.25, -0.2) is 0 Å². The van der Waals surface area contributed by atoms with Gasteiger partial charge in [-0.15, -0.1) is 22.0 Å². The van der Waals surface area contributed by atoms with Gasteiger partial charge in [0.05, 0.1) is 11.5 Å². The number of thioether (sulfide) groups is 1. The Morgan fingerprint density at radius 3 is 2.50 bits per heavy atom. The number of carbonyl (C=O) groups excluding carboxylic acids is 2. The first-order valence-electron chi connectivity index (χ1n) is 8.13. The summed E-state index contributed by atoms with van der Waals surface area (Å²) in [4.78, 5) is 24.1. The molecule has 3 aromatic rings. The lowest BCUT2D eigenvalue weighted by atomic mass is 10.1. The summed E-state index contributed by atoms with van der Waals surface area (Å²) in [5, 5.41) is 16.9. The molecule has 134 valence electrons. The second kappa shape index (κ2) is 8.77. The number of rotatable bonds is 7. The monoisotopic (exact) mass is 386 g/mol. The van der Waals surface area contributed by atoms with Crippen molar-refractivity contribution in [3.05, 3.63) is 47.5 Å². The standard InChI is InChI=1S/C18H18N4O2S2/c1-2-17-21-22-18(26-17)20-16(24)11-25-10-15(23)19-14-9-5-7-12-6-3-4-8-13(12)14/h3-9H,2,10-11H2,1H3,(H,19,23)(H,20,22,24). The maximum absolute atomic E-state index is 12.2. The number of nitrogens with zero attached hydrogens (tertiary/aromatic N) is 2. The zero-order chi connectivity index (χ0) is 18.4. The van der Waals surface area contributed by atoms with Gasteiger partial charge in [0.2, 0.25) is 16.9 Å². The molecule has 2 aromatic carbocycles. The first-order chi connectivity index (χ1) is 12.7. The van der Waals surface area contributed by atoms with Gasteiger partial charge in [-0.1, -0.05) is 54.7 Å². The van der Waals surface area contributed by atoms with Crippen LogP contribution in [0.2, 0.25) is 0 Å². The number of carbonyl (C=O) groups is 2. The van der Waals surface area contributed by atoms with Crippen LogP contribution in [0.15, 0.2) is 42.5 Å². The van der Waals surface area contributed by atoms with Crippen LogP contribution in [0.4, 0.5) is 10.8 Å². The van der Waals surface area contributed by atoms with Gasteiger partial charge >= 0.3 is 0 Å². The summed E-state index contributed by atoms with van der Waals surface area (Å²) in [7, 11) is 0. The largest absolute Gasteiger partial charge is 0.325 e. The lowest BCUT2D eigenvalue weighted by Gasteiger charge is -2.08. The third-order valence-electron chi connectivity index (χ3n) is 3.55. The van der Waals surface area contributed by atoms with Crippen molar-refractivity contribution in [1.29, 1.82) is 0 Å². The molecule has 1 aromatic heterocycles. The summed E-state index contributed by atoms with van der Waals surface area (Å²) in [5.41, 5.74) is 0.777. The van der Waals surface area contributed by atoms with Crippen molar-refractivity contribution in [2.75, 3.05) is 22.1 Å². The van der Waals surface area contributed by atoms with E-state index >= 15 is 0 Å². The van der Waals surface area contributed by atoms with Crippen LogP contribution in [0.1, 0.15) is 11.9 Å². The van der Waals surface area contributed by atoms with Crippen LogP contribution in [0.25, 0.3) is 10.8 Å². The second-order valence-corrected chi connectivity index (χ2v) is 7.52. The molecule has 2 amide bonds. The first-order valence-corrected chi connectivity index (χ1v) is 10.1. The van der Waals surface area contributed by atoms with Crippen molar-refractivity contribution in [2.24, 2.45) is 0 Å². The average Bonchev–Trinajstić information content (AvgIpc) is 3.09. The highest BCUT2D eigenvalue weighted by Gasteiger charge is 2.10. The lowest BCUT2D eigenvalue weighted by Crippen LogP contribution is -2.18. The van der Waals surface area contributed by atoms with E-state index in [9.17, 15) is 9.59 Å². The van der Waals surface area contributed by atoms with Gasteiger partial charge < -0.3 is 5.32 Å². The summed E-state index contributed by atoms with van der Waals surface area (Å²) in [6, 6.07) is 13.7. The maximum Gasteiger partial charge on any atom is 0.236 e. The molecule has 0 fully saturated rings. The number of aromatic nitrogens is 2. The molecule has 0 saturated carbocycles. The predicted octanol–water partition coefficient (Wildman–Crippen LogP) is 3.56. The fourth-order valence-corrected chi connectivity index (χ4v) is 3.67. The highest BCUT2D eigenvalue weighted by Crippen LogP contribution is 2.23. The van der Waals surface area contributed by atoms with Crippen molar-refractivity contribution >= 4 is 56.5 Å². The Labute approximate surface area is 159 Å². The van der Waals surface area contributed by atoms with Gasteiger partial charge in [-0.3, -0.25) is 14.9 Å². The van der Waals surface area contributed by atoms with Gasteiger partial charge in [0.1, 0.15) is 5.01 Å². The van der Waals surface area contributed by atoms with Crippen LogP contribution >= 0.6 is 23.1 Å². The number of hydrogen-bond donors (Lipinski definition) is 2. The third-order valence-corrected chi connectivity index (χ3v) is 5.46. The molecule has 0 aliphatic carbocycles. The van der Waals surface area contributed by atoms with E-state index in [0.717, 1.165) is 27.9 Å². The minimum Gasteiger partial charge on any atom is -0.325 e. The Kier molecular flexibility index (Phi) is 6.19. The van der Waals surface area contributed by atoms with E-state index in [1.165, 1.54) is 23.1 Å². The smallest absolute Gasteiger partial charge is 0.236 e. The Morgan fingerprint density at radius 1 is 1.00 bits per heavy atom. The van der Waals surface area contributed by atoms with E-state index in [4.69, 9.17) is 0 Å². The quantitative estimate of drug-likeness (QED) is 0.649. The first kappa shape index (κ1) is 18.3.